The van der Waals surface area contributed by atoms with Crippen LogP contribution >= 0.6 is 0 Å². The molecule has 0 atom stereocenters. The number of methoxy groups -OCH3 is 1. The topological polar surface area (TPSA) is 125 Å². The van der Waals surface area contributed by atoms with E-state index >= 15 is 0 Å². The van der Waals surface area contributed by atoms with Gasteiger partial charge in [-0.25, -0.2) is 9.97 Å². The Hall–Kier alpha value is -4.59. The number of carbonyl (C=O) groups excluding carboxylic acids is 1. The first-order chi connectivity index (χ1) is 24.9. The van der Waals surface area contributed by atoms with Crippen molar-refractivity contribution in [1.29, 1.82) is 0 Å². The number of esters is 1. The standard InChI is InChI=1S/C39H47N3O9/c1-39(2,28-48-24-23-47-22-21-46-20-19-45-18-17-44-3)38(43)51-29-50-37-34(26-32-15-10-16-49-32)41-36-33(25-30-11-6-4-7-12-30)40-35(27-42(36)37)31-13-8-5-9-14-31/h4-16,27H,17-26,28-29H2,1-3H3. The predicted molar refractivity (Wildman–Crippen MR) is 190 cm³/mol. The summed E-state index contributed by atoms with van der Waals surface area (Å²) < 4.78 is 46.4. The lowest BCUT2D eigenvalue weighted by Crippen LogP contribution is -2.33. The maximum Gasteiger partial charge on any atom is 0.316 e. The fraction of sp³-hybridized carbons (Fsp3) is 0.410. The number of rotatable bonds is 23. The zero-order valence-electron chi connectivity index (χ0n) is 29.6. The van der Waals surface area contributed by atoms with Gasteiger partial charge in [0.1, 0.15) is 11.5 Å². The van der Waals surface area contributed by atoms with Crippen molar-refractivity contribution in [3.63, 3.8) is 0 Å². The number of aromatic nitrogens is 3. The summed E-state index contributed by atoms with van der Waals surface area (Å²) in [5, 5.41) is 0. The number of hydrogen-bond donors (Lipinski definition) is 0. The molecule has 51 heavy (non-hydrogen) atoms. The summed E-state index contributed by atoms with van der Waals surface area (Å²) in [6.07, 6.45) is 4.47. The minimum absolute atomic E-state index is 0.152. The van der Waals surface area contributed by atoms with E-state index in [1.165, 1.54) is 0 Å². The number of benzene rings is 2. The van der Waals surface area contributed by atoms with Gasteiger partial charge in [-0.3, -0.25) is 9.20 Å². The number of hydrogen-bond acceptors (Lipinski definition) is 11. The Bertz CT molecular complexity index is 1740. The predicted octanol–water partition coefficient (Wildman–Crippen LogP) is 5.79. The second-order valence-corrected chi connectivity index (χ2v) is 12.4. The SMILES string of the molecule is COCCOCCOCCOCCOCC(C)(C)C(=O)OCOc1c(Cc2ccco2)nc2c(Cc3ccccc3)nc(-c3ccccc3)cn12. The zero-order chi connectivity index (χ0) is 35.7. The molecule has 0 fully saturated rings. The molecule has 0 saturated heterocycles. The van der Waals surface area contributed by atoms with E-state index in [2.05, 4.69) is 12.1 Å². The first kappa shape index (κ1) is 37.7. The normalized spacial score (nSPS) is 11.7. The van der Waals surface area contributed by atoms with Gasteiger partial charge in [0.2, 0.25) is 12.7 Å². The molecule has 0 amide bonds. The van der Waals surface area contributed by atoms with E-state index in [-0.39, 0.29) is 13.4 Å². The van der Waals surface area contributed by atoms with E-state index < -0.39 is 11.4 Å². The third kappa shape index (κ3) is 11.5. The summed E-state index contributed by atoms with van der Waals surface area (Å²) in [6.45, 7) is 7.07. The van der Waals surface area contributed by atoms with Crippen LogP contribution < -0.4 is 4.74 Å². The summed E-state index contributed by atoms with van der Waals surface area (Å²) in [6, 6.07) is 23.8. The van der Waals surface area contributed by atoms with Crippen LogP contribution in [0.5, 0.6) is 5.88 Å². The minimum atomic E-state index is -0.918. The molecule has 5 rings (SSSR count). The van der Waals surface area contributed by atoms with E-state index in [0.29, 0.717) is 82.9 Å². The quantitative estimate of drug-likeness (QED) is 0.0467. The summed E-state index contributed by atoms with van der Waals surface area (Å²) in [4.78, 5) is 23.2. The highest BCUT2D eigenvalue weighted by Gasteiger charge is 2.30. The highest BCUT2D eigenvalue weighted by Crippen LogP contribution is 2.30. The fourth-order valence-electron chi connectivity index (χ4n) is 5.16. The average molecular weight is 702 g/mol. The molecule has 0 radical (unpaired) electrons. The van der Waals surface area contributed by atoms with Gasteiger partial charge in [-0.15, -0.1) is 0 Å². The van der Waals surface area contributed by atoms with Crippen LogP contribution in [-0.2, 0) is 46.1 Å². The van der Waals surface area contributed by atoms with Crippen molar-refractivity contribution in [2.75, 3.05) is 73.4 Å². The summed E-state index contributed by atoms with van der Waals surface area (Å²) in [5.41, 5.74) is 3.96. The number of nitrogens with zero attached hydrogens (tertiary/aromatic N) is 3. The van der Waals surface area contributed by atoms with E-state index in [9.17, 15) is 4.79 Å². The van der Waals surface area contributed by atoms with Crippen molar-refractivity contribution in [1.82, 2.24) is 14.4 Å². The van der Waals surface area contributed by atoms with Crippen molar-refractivity contribution in [2.45, 2.75) is 26.7 Å². The lowest BCUT2D eigenvalue weighted by Gasteiger charge is -2.22. The fourth-order valence-corrected chi connectivity index (χ4v) is 5.16. The molecule has 0 bridgehead atoms. The van der Waals surface area contributed by atoms with Crippen molar-refractivity contribution < 1.29 is 42.4 Å². The monoisotopic (exact) mass is 701 g/mol. The maximum atomic E-state index is 13.1. The third-order valence-electron chi connectivity index (χ3n) is 7.85. The van der Waals surface area contributed by atoms with Crippen LogP contribution in [0.2, 0.25) is 0 Å². The molecule has 0 aliphatic heterocycles. The first-order valence-electron chi connectivity index (χ1n) is 17.1. The van der Waals surface area contributed by atoms with Crippen molar-refractivity contribution >= 4 is 11.6 Å². The van der Waals surface area contributed by atoms with Gasteiger partial charge in [-0.1, -0.05) is 60.7 Å². The van der Waals surface area contributed by atoms with Crippen LogP contribution in [0.3, 0.4) is 0 Å². The maximum absolute atomic E-state index is 13.1. The summed E-state index contributed by atoms with van der Waals surface area (Å²) in [5.74, 6) is 0.707. The molecule has 272 valence electrons. The molecule has 0 unspecified atom stereocenters. The van der Waals surface area contributed by atoms with Gasteiger partial charge in [0.15, 0.2) is 5.65 Å². The number of imidazole rings is 1. The van der Waals surface area contributed by atoms with Crippen LogP contribution in [-0.4, -0.2) is 93.7 Å². The van der Waals surface area contributed by atoms with Crippen molar-refractivity contribution in [3.05, 3.63) is 108 Å². The van der Waals surface area contributed by atoms with Crippen LogP contribution in [0.1, 0.15) is 36.6 Å². The van der Waals surface area contributed by atoms with Gasteiger partial charge in [-0.05, 0) is 31.5 Å². The molecular weight excluding hydrogens is 654 g/mol. The number of furan rings is 1. The highest BCUT2D eigenvalue weighted by atomic mass is 16.7. The zero-order valence-corrected chi connectivity index (χ0v) is 29.6. The lowest BCUT2D eigenvalue weighted by atomic mass is 9.95. The van der Waals surface area contributed by atoms with E-state index in [1.807, 2.05) is 71.3 Å². The van der Waals surface area contributed by atoms with Crippen molar-refractivity contribution in [2.24, 2.45) is 5.41 Å². The van der Waals surface area contributed by atoms with Crippen LogP contribution in [0, 0.1) is 5.41 Å². The highest BCUT2D eigenvalue weighted by molar-refractivity contribution is 5.76. The lowest BCUT2D eigenvalue weighted by molar-refractivity contribution is -0.164. The molecule has 3 aromatic heterocycles. The average Bonchev–Trinajstić information content (AvgIpc) is 3.79. The molecule has 5 aromatic rings. The molecular formula is C39H47N3O9. The molecule has 12 nitrogen and oxygen atoms in total. The van der Waals surface area contributed by atoms with Gasteiger partial charge >= 0.3 is 5.97 Å². The molecule has 2 aromatic carbocycles. The number of ether oxygens (including phenoxy) is 7. The minimum Gasteiger partial charge on any atom is -0.469 e. The van der Waals surface area contributed by atoms with Gasteiger partial charge in [0, 0.05) is 25.3 Å². The summed E-state index contributed by atoms with van der Waals surface area (Å²) in [7, 11) is 1.63. The molecule has 0 spiro atoms. The molecule has 3 heterocycles. The number of fused-ring (bicyclic) bond motifs is 1. The smallest absolute Gasteiger partial charge is 0.316 e. The molecule has 12 heteroatoms. The Morgan fingerprint density at radius 1 is 0.745 bits per heavy atom. The van der Waals surface area contributed by atoms with Crippen LogP contribution in [0.4, 0.5) is 0 Å². The Balaban J connectivity index is 1.20. The Morgan fingerprint density at radius 2 is 1.39 bits per heavy atom. The van der Waals surface area contributed by atoms with E-state index in [1.54, 1.807) is 27.2 Å². The van der Waals surface area contributed by atoms with Gasteiger partial charge in [0.05, 0.1) is 88.9 Å². The van der Waals surface area contributed by atoms with E-state index in [0.717, 1.165) is 28.3 Å². The molecule has 0 N–H and O–H groups in total. The Kier molecular flexibility index (Phi) is 14.6. The first-order valence-corrected chi connectivity index (χ1v) is 17.1. The molecule has 0 saturated carbocycles. The third-order valence-corrected chi connectivity index (χ3v) is 7.85. The van der Waals surface area contributed by atoms with E-state index in [4.69, 9.17) is 47.5 Å². The second kappa shape index (κ2) is 19.7. The Morgan fingerprint density at radius 3 is 2.04 bits per heavy atom. The van der Waals surface area contributed by atoms with Crippen molar-refractivity contribution in [3.8, 4) is 17.1 Å². The second-order valence-electron chi connectivity index (χ2n) is 12.4. The van der Waals surface area contributed by atoms with Gasteiger partial charge in [-0.2, -0.15) is 0 Å². The summed E-state index contributed by atoms with van der Waals surface area (Å²) >= 11 is 0. The molecule has 0 aliphatic rings. The Labute approximate surface area is 298 Å². The van der Waals surface area contributed by atoms with Gasteiger partial charge < -0.3 is 37.6 Å². The largest absolute Gasteiger partial charge is 0.469 e. The molecule has 0 aliphatic carbocycles. The number of carbonyl (C=O) groups is 1. The van der Waals surface area contributed by atoms with Gasteiger partial charge in [0.25, 0.3) is 0 Å². The van der Waals surface area contributed by atoms with Crippen LogP contribution in [0.15, 0.2) is 89.7 Å². The van der Waals surface area contributed by atoms with Crippen LogP contribution in [0.25, 0.3) is 16.9 Å².